The number of nitrogens with one attached hydrogen (secondary N) is 3. The maximum atomic E-state index is 13.2. The van der Waals surface area contributed by atoms with Crippen LogP contribution in [-0.4, -0.2) is 198 Å². The van der Waals surface area contributed by atoms with Crippen LogP contribution in [0.1, 0.15) is 74.1 Å². The van der Waals surface area contributed by atoms with Crippen LogP contribution in [0.5, 0.6) is 0 Å². The van der Waals surface area contributed by atoms with Gasteiger partial charge in [-0.15, -0.1) is 0 Å². The van der Waals surface area contributed by atoms with Gasteiger partial charge in [0, 0.05) is 13.1 Å². The topological polar surface area (TPSA) is 371 Å². The van der Waals surface area contributed by atoms with Gasteiger partial charge in [-0.2, -0.15) is 0 Å². The van der Waals surface area contributed by atoms with E-state index in [2.05, 4.69) is 16.0 Å². The Balaban J connectivity index is 0.000000334. The number of amides is 9. The van der Waals surface area contributed by atoms with Crippen LogP contribution < -0.4 is 33.2 Å². The summed E-state index contributed by atoms with van der Waals surface area (Å²) in [5.41, 5.74) is 13.0. The quantitative estimate of drug-likeness (QED) is 0.0685. The van der Waals surface area contributed by atoms with Crippen molar-refractivity contribution in [1.29, 1.82) is 0 Å². The molecule has 0 aliphatic carbocycles. The summed E-state index contributed by atoms with van der Waals surface area (Å²) in [6, 6.07) is -4.99. The zero-order valence-electron chi connectivity index (χ0n) is 35.6. The summed E-state index contributed by atoms with van der Waals surface area (Å²) in [6.45, 7) is 10.5. The Morgan fingerprint density at radius 1 is 0.656 bits per heavy atom. The van der Waals surface area contributed by atoms with Crippen LogP contribution >= 0.6 is 0 Å². The summed E-state index contributed by atoms with van der Waals surface area (Å²) >= 11 is 0. The lowest BCUT2D eigenvalue weighted by molar-refractivity contribution is -0.170. The third kappa shape index (κ3) is 11.4. The highest BCUT2D eigenvalue weighted by Crippen LogP contribution is 2.40. The normalized spacial score (nSPS) is 24.8. The fourth-order valence-electron chi connectivity index (χ4n) is 7.77. The number of rotatable bonds is 15. The molecule has 0 aromatic carbocycles. The van der Waals surface area contributed by atoms with Crippen LogP contribution in [0.2, 0.25) is 0 Å². The number of aliphatic hydroxyl groups is 4. The Kier molecular flexibility index (Phi) is 16.2. The fraction of sp³-hybridized carbons (Fsp3) is 0.757. The predicted octanol–water partition coefficient (Wildman–Crippen LogP) is -5.94. The third-order valence-corrected chi connectivity index (χ3v) is 10.9. The minimum atomic E-state index is -1.32. The van der Waals surface area contributed by atoms with Crippen molar-refractivity contribution in [2.75, 3.05) is 39.3 Å². The van der Waals surface area contributed by atoms with E-state index in [0.717, 1.165) is 0 Å². The van der Waals surface area contributed by atoms with E-state index in [0.29, 0.717) is 32.2 Å². The number of carbonyl (C=O) groups is 9. The number of ether oxygens (including phenoxy) is 1. The molecule has 2 unspecified atom stereocenters. The Hall–Kier alpha value is -5.17. The molecule has 4 aliphatic heterocycles. The summed E-state index contributed by atoms with van der Waals surface area (Å²) in [7, 11) is 0. The van der Waals surface area contributed by atoms with Gasteiger partial charge in [-0.05, 0) is 74.1 Å². The largest absolute Gasteiger partial charge is 0.444 e. The Morgan fingerprint density at radius 3 is 1.34 bits per heavy atom. The highest BCUT2D eigenvalue weighted by Gasteiger charge is 2.62. The van der Waals surface area contributed by atoms with E-state index in [-0.39, 0.29) is 38.6 Å². The number of aliphatic hydroxyl groups excluding tert-OH is 4. The van der Waals surface area contributed by atoms with Crippen molar-refractivity contribution in [2.24, 2.45) is 17.2 Å². The summed E-state index contributed by atoms with van der Waals surface area (Å²) in [5.74, 6) is -5.08. The van der Waals surface area contributed by atoms with Gasteiger partial charge in [-0.1, -0.05) is 0 Å². The second-order valence-electron chi connectivity index (χ2n) is 17.1. The van der Waals surface area contributed by atoms with Gasteiger partial charge in [0.2, 0.25) is 35.4 Å². The van der Waals surface area contributed by atoms with Gasteiger partial charge in [0.15, 0.2) is 0 Å². The number of primary amides is 2. The number of alkyl carbamates (subject to hydrolysis) is 1. The van der Waals surface area contributed by atoms with Crippen molar-refractivity contribution in [1.82, 2.24) is 35.6 Å². The van der Waals surface area contributed by atoms with Crippen LogP contribution in [0.4, 0.5) is 4.79 Å². The van der Waals surface area contributed by atoms with Gasteiger partial charge in [-0.3, -0.25) is 38.4 Å². The molecule has 4 heterocycles. The number of carbonyl (C=O) groups excluding carboxylic acids is 9. The monoisotopic (exact) mass is 870 g/mol. The molecular weight excluding hydrogens is 808 g/mol. The molecule has 0 radical (unpaired) electrons. The first kappa shape index (κ1) is 50.2. The molecule has 13 N–H and O–H groups in total. The van der Waals surface area contributed by atoms with Gasteiger partial charge in [0.1, 0.15) is 40.8 Å². The SMILES string of the molecule is C[C@@H](O)[C@H](N)C(=O)N1CCCC12CN(CC(=O)N[C@H](C(N)=O)[C@@H](C)O)C2=O.C[C@@H](O)[C@H](NC(=O)CN1CC2(CCCN2C(=O)[C@@H](NC(=O)OC(C)(C)C)[C@@H](C)O)C1=O)C(N)=O. The molecule has 4 aliphatic rings. The smallest absolute Gasteiger partial charge is 0.408 e. The average molecular weight is 871 g/mol. The molecule has 24 heteroatoms. The molecule has 0 bridgehead atoms. The molecule has 344 valence electrons. The first-order valence-corrected chi connectivity index (χ1v) is 20.0. The Labute approximate surface area is 352 Å². The lowest BCUT2D eigenvalue weighted by Gasteiger charge is -2.51. The van der Waals surface area contributed by atoms with E-state index in [1.54, 1.807) is 20.8 Å². The van der Waals surface area contributed by atoms with Crippen molar-refractivity contribution in [2.45, 2.75) is 139 Å². The van der Waals surface area contributed by atoms with Crippen LogP contribution in [0, 0.1) is 0 Å². The molecule has 0 aromatic heterocycles. The van der Waals surface area contributed by atoms with Gasteiger partial charge in [-0.25, -0.2) is 4.79 Å². The van der Waals surface area contributed by atoms with E-state index in [9.17, 15) is 63.6 Å². The van der Waals surface area contributed by atoms with E-state index in [4.69, 9.17) is 21.9 Å². The summed E-state index contributed by atoms with van der Waals surface area (Å²) in [4.78, 5) is 116. The standard InChI is InChI=1S/C21H35N5O8.C16H27N5O6/c1-11(27)14(16(22)30)23-13(29)9-25-10-21(18(25)32)7-6-8-26(21)17(31)15(12(2)28)24-19(33)34-20(3,4)5;1-8(22)11(17)14(26)21-5-3-4-16(21)7-20(15(16)27)6-10(24)19-12(9(2)23)13(18)25/h11-12,14-15,27-28H,6-10H2,1-5H3,(H2,22,30)(H,23,29)(H,24,33);8-9,11-12,22-23H,3-7,17H2,1-2H3,(H2,18,25)(H,19,24)/t11-,12-,14+,15+,21?;8-,9-,11+,12+,16?/m11/s1. The van der Waals surface area contributed by atoms with Gasteiger partial charge in [0.25, 0.3) is 11.8 Å². The number of likely N-dealkylation sites (tertiary alicyclic amines) is 4. The number of nitrogens with two attached hydrogens (primary N) is 3. The van der Waals surface area contributed by atoms with Crippen molar-refractivity contribution < 1.29 is 68.3 Å². The first-order chi connectivity index (χ1) is 28.1. The molecule has 4 fully saturated rings. The van der Waals surface area contributed by atoms with Crippen LogP contribution in [-0.2, 0) is 43.1 Å². The average Bonchev–Trinajstić information content (AvgIpc) is 3.80. The zero-order chi connectivity index (χ0) is 46.5. The minimum absolute atomic E-state index is 0.0693. The fourth-order valence-corrected chi connectivity index (χ4v) is 7.77. The molecule has 0 saturated carbocycles. The highest BCUT2D eigenvalue weighted by molar-refractivity contribution is 6.02. The Bertz CT molecular complexity index is 1720. The molecular formula is C37H62N10O14. The molecule has 4 saturated heterocycles. The Morgan fingerprint density at radius 2 is 1.03 bits per heavy atom. The van der Waals surface area contributed by atoms with Gasteiger partial charge in [0.05, 0.1) is 50.6 Å². The zero-order valence-corrected chi connectivity index (χ0v) is 35.6. The van der Waals surface area contributed by atoms with Crippen molar-refractivity contribution in [3.05, 3.63) is 0 Å². The van der Waals surface area contributed by atoms with Crippen molar-refractivity contribution in [3.8, 4) is 0 Å². The molecule has 0 aromatic rings. The van der Waals surface area contributed by atoms with Crippen LogP contribution in [0.3, 0.4) is 0 Å². The number of nitrogens with zero attached hydrogens (tertiary/aromatic N) is 4. The second-order valence-corrected chi connectivity index (χ2v) is 17.1. The number of β-lactam (4-membered cyclic amide) rings is 2. The van der Waals surface area contributed by atoms with Gasteiger partial charge < -0.3 is 77.9 Å². The highest BCUT2D eigenvalue weighted by atomic mass is 16.6. The molecule has 2 spiro atoms. The number of hydrogen-bond acceptors (Lipinski definition) is 15. The van der Waals surface area contributed by atoms with Crippen molar-refractivity contribution in [3.63, 3.8) is 0 Å². The molecule has 4 rings (SSSR count). The summed E-state index contributed by atoms with van der Waals surface area (Å²) in [6.07, 6.45) is -3.57. The lowest BCUT2D eigenvalue weighted by Crippen LogP contribution is -2.75. The molecule has 24 nitrogen and oxygen atoms in total. The predicted molar refractivity (Wildman–Crippen MR) is 211 cm³/mol. The minimum Gasteiger partial charge on any atom is -0.444 e. The number of hydrogen-bond donors (Lipinski definition) is 10. The molecule has 61 heavy (non-hydrogen) atoms. The van der Waals surface area contributed by atoms with E-state index in [1.807, 2.05) is 0 Å². The summed E-state index contributed by atoms with van der Waals surface area (Å²) in [5, 5.41) is 45.7. The molecule has 9 amide bonds. The third-order valence-electron chi connectivity index (χ3n) is 10.9. The van der Waals surface area contributed by atoms with E-state index < -0.39 is 113 Å². The lowest BCUT2D eigenvalue weighted by atomic mass is 9.85. The maximum Gasteiger partial charge on any atom is 0.408 e. The molecule has 10 atom stereocenters. The van der Waals surface area contributed by atoms with Crippen LogP contribution in [0.25, 0.3) is 0 Å². The van der Waals surface area contributed by atoms with E-state index in [1.165, 1.54) is 47.3 Å². The van der Waals surface area contributed by atoms with Crippen molar-refractivity contribution >= 4 is 53.4 Å². The van der Waals surface area contributed by atoms with Crippen LogP contribution in [0.15, 0.2) is 0 Å². The summed E-state index contributed by atoms with van der Waals surface area (Å²) < 4.78 is 5.17. The maximum absolute atomic E-state index is 13.2. The van der Waals surface area contributed by atoms with E-state index >= 15 is 0 Å². The first-order valence-electron chi connectivity index (χ1n) is 20.0. The van der Waals surface area contributed by atoms with Gasteiger partial charge >= 0.3 is 6.09 Å². The second kappa shape index (κ2) is 19.7.